The molecule has 2 aromatic heterocycles. The molecule has 2 heterocycles. The highest BCUT2D eigenvalue weighted by molar-refractivity contribution is 9.10. The highest BCUT2D eigenvalue weighted by Crippen LogP contribution is 2.35. The number of carbonyl (C=O) groups is 1. The lowest BCUT2D eigenvalue weighted by atomic mass is 10.1. The highest BCUT2D eigenvalue weighted by atomic mass is 79.9. The average Bonchev–Trinajstić information content (AvgIpc) is 3.23. The van der Waals surface area contributed by atoms with Crippen LogP contribution >= 0.6 is 15.9 Å². The first kappa shape index (κ1) is 19.3. The Labute approximate surface area is 185 Å². The number of nitrogens with zero attached hydrogens (tertiary/aromatic N) is 3. The predicted molar refractivity (Wildman–Crippen MR) is 121 cm³/mol. The van der Waals surface area contributed by atoms with Crippen molar-refractivity contribution < 1.29 is 14.6 Å². The zero-order valence-electron chi connectivity index (χ0n) is 16.2. The van der Waals surface area contributed by atoms with Crippen LogP contribution in [0.15, 0.2) is 83.3 Å². The van der Waals surface area contributed by atoms with Gasteiger partial charge in [-0.2, -0.15) is 0 Å². The zero-order chi connectivity index (χ0) is 21.4. The van der Waals surface area contributed by atoms with Gasteiger partial charge in [0, 0.05) is 20.8 Å². The number of aromatic nitrogens is 3. The molecule has 0 aliphatic rings. The second-order valence-corrected chi connectivity index (χ2v) is 7.90. The molecule has 152 valence electrons. The van der Waals surface area contributed by atoms with Crippen molar-refractivity contribution in [3.05, 3.63) is 94.6 Å². The normalized spacial score (nSPS) is 11.1. The Morgan fingerprint density at radius 3 is 2.39 bits per heavy atom. The fourth-order valence-corrected chi connectivity index (χ4v) is 3.90. The van der Waals surface area contributed by atoms with Gasteiger partial charge in [0.2, 0.25) is 0 Å². The molecule has 0 bridgehead atoms. The van der Waals surface area contributed by atoms with Gasteiger partial charge in [0.25, 0.3) is 0 Å². The van der Waals surface area contributed by atoms with Crippen LogP contribution in [0.4, 0.5) is 0 Å². The molecule has 0 aliphatic heterocycles. The third-order valence-corrected chi connectivity index (χ3v) is 5.45. The second-order valence-electron chi connectivity index (χ2n) is 6.98. The Bertz CT molecular complexity index is 1420. The van der Waals surface area contributed by atoms with Gasteiger partial charge in [0.1, 0.15) is 6.61 Å². The lowest BCUT2D eigenvalue weighted by Crippen LogP contribution is -2.11. The number of benzene rings is 3. The topological polar surface area (TPSA) is 76.7 Å². The molecular weight excluding hydrogens is 458 g/mol. The van der Waals surface area contributed by atoms with Crippen LogP contribution in [0.1, 0.15) is 16.1 Å². The molecule has 3 aromatic carbocycles. The van der Waals surface area contributed by atoms with Crippen LogP contribution in [0, 0.1) is 0 Å². The largest absolute Gasteiger partial charge is 0.486 e. The van der Waals surface area contributed by atoms with Crippen molar-refractivity contribution in [1.82, 2.24) is 14.6 Å². The van der Waals surface area contributed by atoms with E-state index in [9.17, 15) is 9.90 Å². The molecule has 0 aliphatic carbocycles. The van der Waals surface area contributed by atoms with Crippen LogP contribution < -0.4 is 4.74 Å². The van der Waals surface area contributed by atoms with Crippen molar-refractivity contribution in [2.45, 2.75) is 6.61 Å². The summed E-state index contributed by atoms with van der Waals surface area (Å²) in [5.74, 6) is -0.428. The average molecular weight is 474 g/mol. The van der Waals surface area contributed by atoms with Gasteiger partial charge < -0.3 is 9.84 Å². The molecule has 0 amide bonds. The number of ether oxygens (including phenoxy) is 1. The van der Waals surface area contributed by atoms with E-state index in [2.05, 4.69) is 26.0 Å². The fourth-order valence-electron chi connectivity index (χ4n) is 3.54. The maximum Gasteiger partial charge on any atom is 0.358 e. The summed E-state index contributed by atoms with van der Waals surface area (Å²) in [4.78, 5) is 17.0. The number of hydrogen-bond acceptors (Lipinski definition) is 4. The van der Waals surface area contributed by atoms with E-state index >= 15 is 0 Å². The smallest absolute Gasteiger partial charge is 0.358 e. The minimum atomic E-state index is -1.14. The van der Waals surface area contributed by atoms with Gasteiger partial charge in [-0.05, 0) is 23.8 Å². The summed E-state index contributed by atoms with van der Waals surface area (Å²) >= 11 is 3.50. The second kappa shape index (κ2) is 7.85. The monoisotopic (exact) mass is 473 g/mol. The summed E-state index contributed by atoms with van der Waals surface area (Å²) in [7, 11) is 0. The summed E-state index contributed by atoms with van der Waals surface area (Å²) in [6.45, 7) is 0.234. The van der Waals surface area contributed by atoms with E-state index in [1.54, 1.807) is 0 Å². The summed E-state index contributed by atoms with van der Waals surface area (Å²) in [6, 6.07) is 24.7. The fraction of sp³-hybridized carbons (Fsp3) is 0.0417. The van der Waals surface area contributed by atoms with Crippen molar-refractivity contribution in [3.8, 4) is 17.1 Å². The van der Waals surface area contributed by atoms with Crippen LogP contribution in [0.25, 0.3) is 27.8 Å². The number of halogens is 1. The number of rotatable bonds is 5. The van der Waals surface area contributed by atoms with Gasteiger partial charge in [-0.1, -0.05) is 76.6 Å². The number of hydrogen-bond donors (Lipinski definition) is 1. The van der Waals surface area contributed by atoms with Gasteiger partial charge in [0.15, 0.2) is 22.9 Å². The van der Waals surface area contributed by atoms with Crippen molar-refractivity contribution in [1.29, 1.82) is 0 Å². The van der Waals surface area contributed by atoms with Gasteiger partial charge >= 0.3 is 5.97 Å². The van der Waals surface area contributed by atoms with E-state index in [0.29, 0.717) is 16.9 Å². The minimum Gasteiger partial charge on any atom is -0.486 e. The minimum absolute atomic E-state index is 0.0598. The van der Waals surface area contributed by atoms with Crippen molar-refractivity contribution in [3.63, 3.8) is 0 Å². The molecule has 0 spiro atoms. The summed E-state index contributed by atoms with van der Waals surface area (Å²) < 4.78 is 8.29. The van der Waals surface area contributed by atoms with E-state index in [0.717, 1.165) is 21.0 Å². The first-order valence-electron chi connectivity index (χ1n) is 9.59. The van der Waals surface area contributed by atoms with E-state index in [4.69, 9.17) is 4.74 Å². The van der Waals surface area contributed by atoms with Crippen molar-refractivity contribution in [2.24, 2.45) is 0 Å². The lowest BCUT2D eigenvalue weighted by molar-refractivity contribution is 0.0682. The molecule has 5 rings (SSSR count). The van der Waals surface area contributed by atoms with Crippen molar-refractivity contribution in [2.75, 3.05) is 0 Å². The molecular formula is C24H16BrN3O3. The quantitative estimate of drug-likeness (QED) is 0.360. The van der Waals surface area contributed by atoms with E-state index in [1.165, 1.54) is 4.52 Å². The molecule has 7 heteroatoms. The number of carboxylic acids is 1. The molecule has 0 saturated heterocycles. The number of aromatic carboxylic acids is 1. The number of pyridine rings is 1. The standard InChI is InChI=1S/C24H16BrN3O3/c25-17-11-12-18-19(13-17)23-26-22(16-9-5-2-6-10-16)27-28(23)20(24(29)30)21(18)31-14-15-7-3-1-4-8-15/h1-13H,14H2,(H,29,30). The summed E-state index contributed by atoms with van der Waals surface area (Å²) in [5.41, 5.74) is 2.14. The zero-order valence-corrected chi connectivity index (χ0v) is 17.8. The first-order chi connectivity index (χ1) is 15.1. The molecule has 0 radical (unpaired) electrons. The Morgan fingerprint density at radius 1 is 0.968 bits per heavy atom. The highest BCUT2D eigenvalue weighted by Gasteiger charge is 2.24. The third-order valence-electron chi connectivity index (χ3n) is 4.96. The SMILES string of the molecule is O=C(O)c1c(OCc2ccccc2)c2ccc(Br)cc2c2nc(-c3ccccc3)nn12. The molecule has 6 nitrogen and oxygen atoms in total. The molecule has 0 fully saturated rings. The molecule has 1 N–H and O–H groups in total. The van der Waals surface area contributed by atoms with E-state index in [1.807, 2.05) is 78.9 Å². The first-order valence-corrected chi connectivity index (χ1v) is 10.4. The van der Waals surface area contributed by atoms with Crippen molar-refractivity contribution >= 4 is 38.3 Å². The Morgan fingerprint density at radius 2 is 1.68 bits per heavy atom. The Balaban J connectivity index is 1.77. The van der Waals surface area contributed by atoms with Gasteiger partial charge in [-0.3, -0.25) is 0 Å². The summed E-state index contributed by atoms with van der Waals surface area (Å²) in [5, 5.41) is 16.0. The third kappa shape index (κ3) is 3.53. The summed E-state index contributed by atoms with van der Waals surface area (Å²) in [6.07, 6.45) is 0. The molecule has 0 unspecified atom stereocenters. The van der Waals surface area contributed by atoms with Crippen LogP contribution in [-0.4, -0.2) is 25.7 Å². The van der Waals surface area contributed by atoms with E-state index < -0.39 is 5.97 Å². The van der Waals surface area contributed by atoms with Crippen LogP contribution in [-0.2, 0) is 6.61 Å². The van der Waals surface area contributed by atoms with Gasteiger partial charge in [-0.25, -0.2) is 14.3 Å². The molecule has 0 atom stereocenters. The maximum absolute atomic E-state index is 12.3. The van der Waals surface area contributed by atoms with Crippen LogP contribution in [0.5, 0.6) is 5.75 Å². The molecule has 31 heavy (non-hydrogen) atoms. The van der Waals surface area contributed by atoms with Gasteiger partial charge in [-0.15, -0.1) is 5.10 Å². The van der Waals surface area contributed by atoms with Crippen LogP contribution in [0.3, 0.4) is 0 Å². The molecule has 0 saturated carbocycles. The molecule has 5 aromatic rings. The van der Waals surface area contributed by atoms with E-state index in [-0.39, 0.29) is 18.1 Å². The lowest BCUT2D eigenvalue weighted by Gasteiger charge is -2.14. The van der Waals surface area contributed by atoms with Crippen LogP contribution in [0.2, 0.25) is 0 Å². The van der Waals surface area contributed by atoms with Gasteiger partial charge in [0.05, 0.1) is 0 Å². The number of carboxylic acid groups (broad SMARTS) is 1. The number of fused-ring (bicyclic) bond motifs is 3. The Kier molecular flexibility index (Phi) is 4.88. The maximum atomic E-state index is 12.3. The Hall–Kier alpha value is -3.71. The predicted octanol–water partition coefficient (Wildman–Crippen LogP) is 5.59.